The summed E-state index contributed by atoms with van der Waals surface area (Å²) in [6.07, 6.45) is 11.9. The molecule has 2 heteroatoms. The van der Waals surface area contributed by atoms with Crippen LogP contribution in [0.15, 0.2) is 23.8 Å². The van der Waals surface area contributed by atoms with E-state index >= 15 is 0 Å². The van der Waals surface area contributed by atoms with Gasteiger partial charge in [-0.3, -0.25) is 0 Å². The van der Waals surface area contributed by atoms with Gasteiger partial charge in [-0.1, -0.05) is 51.0 Å². The molecule has 0 amide bonds. The number of aliphatic hydroxyl groups is 2. The van der Waals surface area contributed by atoms with Gasteiger partial charge in [0.2, 0.25) is 0 Å². The van der Waals surface area contributed by atoms with E-state index in [0.717, 1.165) is 18.4 Å². The van der Waals surface area contributed by atoms with E-state index in [0.29, 0.717) is 11.3 Å². The maximum absolute atomic E-state index is 11.0. The lowest BCUT2D eigenvalue weighted by atomic mass is 9.45. The normalized spacial score (nSPS) is 42.4. The van der Waals surface area contributed by atoms with Crippen molar-refractivity contribution < 1.29 is 10.2 Å². The van der Waals surface area contributed by atoms with Crippen LogP contribution in [0.2, 0.25) is 0 Å². The Bertz CT molecular complexity index is 458. The molecule has 0 heterocycles. The third kappa shape index (κ3) is 3.19. The molecule has 2 aliphatic carbocycles. The lowest BCUT2D eigenvalue weighted by Crippen LogP contribution is -2.56. The van der Waals surface area contributed by atoms with Crippen molar-refractivity contribution in [2.75, 3.05) is 6.61 Å². The Morgan fingerprint density at radius 2 is 1.82 bits per heavy atom. The zero-order valence-corrected chi connectivity index (χ0v) is 15.0. The average molecular weight is 306 g/mol. The monoisotopic (exact) mass is 306 g/mol. The lowest BCUT2D eigenvalue weighted by molar-refractivity contribution is -0.149. The summed E-state index contributed by atoms with van der Waals surface area (Å²) < 4.78 is 0. The molecule has 0 spiro atoms. The van der Waals surface area contributed by atoms with Crippen molar-refractivity contribution in [2.45, 2.75) is 72.3 Å². The van der Waals surface area contributed by atoms with Gasteiger partial charge in [-0.15, -0.1) is 0 Å². The van der Waals surface area contributed by atoms with Crippen LogP contribution in [0.1, 0.15) is 66.7 Å². The topological polar surface area (TPSA) is 40.5 Å². The third-order valence-electron chi connectivity index (χ3n) is 6.56. The predicted octanol–water partition coefficient (Wildman–Crippen LogP) is 4.47. The minimum absolute atomic E-state index is 0.0736. The Morgan fingerprint density at radius 1 is 1.14 bits per heavy atom. The summed E-state index contributed by atoms with van der Waals surface area (Å²) in [5.74, 6) is 0.853. The highest BCUT2D eigenvalue weighted by atomic mass is 16.3. The van der Waals surface area contributed by atoms with Crippen molar-refractivity contribution in [3.8, 4) is 0 Å². The van der Waals surface area contributed by atoms with Gasteiger partial charge >= 0.3 is 0 Å². The van der Waals surface area contributed by atoms with Crippen LogP contribution in [0.3, 0.4) is 0 Å². The fraction of sp³-hybridized carbons (Fsp3) is 0.800. The lowest BCUT2D eigenvalue weighted by Gasteiger charge is -2.60. The second-order valence-corrected chi connectivity index (χ2v) is 8.76. The summed E-state index contributed by atoms with van der Waals surface area (Å²) in [6, 6.07) is 0. The zero-order chi connectivity index (χ0) is 16.6. The van der Waals surface area contributed by atoms with Crippen molar-refractivity contribution in [1.29, 1.82) is 0 Å². The smallest absolute Gasteiger partial charge is 0.0687 e. The summed E-state index contributed by atoms with van der Waals surface area (Å²) in [5.41, 5.74) is 0.971. The van der Waals surface area contributed by atoms with E-state index in [4.69, 9.17) is 5.11 Å². The average Bonchev–Trinajstić information content (AvgIpc) is 2.36. The van der Waals surface area contributed by atoms with Crippen LogP contribution < -0.4 is 0 Å². The van der Waals surface area contributed by atoms with Crippen LogP contribution in [0.25, 0.3) is 0 Å². The van der Waals surface area contributed by atoms with Gasteiger partial charge in [-0.2, -0.15) is 0 Å². The predicted molar refractivity (Wildman–Crippen MR) is 92.6 cm³/mol. The fourth-order valence-corrected chi connectivity index (χ4v) is 5.45. The standard InChI is InChI=1S/C20H34O2/c1-15(10-14-21)7-8-17-19(4)12-6-11-18(2,3)16(19)9-13-20(17,5)22/h7-8,10,16-17,21-22H,6,9,11-14H2,1-5H3/b8-7+,15-10+/t16-,17+,19-,20+/m0/s1. The van der Waals surface area contributed by atoms with Gasteiger partial charge in [0.1, 0.15) is 0 Å². The molecule has 0 saturated heterocycles. The Kier molecular flexibility index (Phi) is 4.94. The van der Waals surface area contributed by atoms with E-state index in [2.05, 4.69) is 32.9 Å². The number of aliphatic hydroxyl groups excluding tert-OH is 1. The molecule has 2 nitrogen and oxygen atoms in total. The van der Waals surface area contributed by atoms with Crippen LogP contribution in [0.4, 0.5) is 0 Å². The number of rotatable bonds is 3. The minimum atomic E-state index is -0.630. The van der Waals surface area contributed by atoms with Crippen LogP contribution in [-0.4, -0.2) is 22.4 Å². The molecular weight excluding hydrogens is 272 g/mol. The van der Waals surface area contributed by atoms with E-state index in [1.807, 2.05) is 19.9 Å². The Hall–Kier alpha value is -0.600. The Balaban J connectivity index is 2.36. The van der Waals surface area contributed by atoms with Crippen LogP contribution in [0.5, 0.6) is 0 Å². The summed E-state index contributed by atoms with van der Waals surface area (Å²) in [5, 5.41) is 20.1. The molecule has 0 aromatic carbocycles. The zero-order valence-electron chi connectivity index (χ0n) is 15.0. The van der Waals surface area contributed by atoms with Gasteiger partial charge in [-0.25, -0.2) is 0 Å². The Labute approximate surface area is 136 Å². The molecule has 0 bridgehead atoms. The van der Waals surface area contributed by atoms with Crippen LogP contribution >= 0.6 is 0 Å². The molecule has 0 radical (unpaired) electrons. The maximum Gasteiger partial charge on any atom is 0.0687 e. The highest BCUT2D eigenvalue weighted by molar-refractivity contribution is 5.21. The van der Waals surface area contributed by atoms with Crippen molar-refractivity contribution in [2.24, 2.45) is 22.7 Å². The van der Waals surface area contributed by atoms with Crippen molar-refractivity contribution in [3.63, 3.8) is 0 Å². The van der Waals surface area contributed by atoms with E-state index in [1.165, 1.54) is 19.3 Å². The van der Waals surface area contributed by atoms with Gasteiger partial charge in [0, 0.05) is 5.92 Å². The molecule has 0 aliphatic heterocycles. The molecule has 22 heavy (non-hydrogen) atoms. The summed E-state index contributed by atoms with van der Waals surface area (Å²) in [4.78, 5) is 0. The first-order valence-electron chi connectivity index (χ1n) is 8.82. The second-order valence-electron chi connectivity index (χ2n) is 8.76. The maximum atomic E-state index is 11.0. The molecule has 2 rings (SSSR count). The van der Waals surface area contributed by atoms with E-state index in [-0.39, 0.29) is 17.9 Å². The first kappa shape index (κ1) is 17.7. The minimum Gasteiger partial charge on any atom is -0.392 e. The van der Waals surface area contributed by atoms with Gasteiger partial charge in [0.25, 0.3) is 0 Å². The van der Waals surface area contributed by atoms with E-state index < -0.39 is 5.60 Å². The molecule has 2 fully saturated rings. The number of fused-ring (bicyclic) bond motifs is 1. The third-order valence-corrected chi connectivity index (χ3v) is 6.56. The molecule has 126 valence electrons. The quantitative estimate of drug-likeness (QED) is 0.755. The molecular formula is C20H34O2. The fourth-order valence-electron chi connectivity index (χ4n) is 5.45. The summed E-state index contributed by atoms with van der Waals surface area (Å²) in [7, 11) is 0. The highest BCUT2D eigenvalue weighted by Gasteiger charge is 2.57. The first-order chi connectivity index (χ1) is 10.1. The van der Waals surface area contributed by atoms with Gasteiger partial charge in [0.15, 0.2) is 0 Å². The van der Waals surface area contributed by atoms with Gasteiger partial charge in [0.05, 0.1) is 12.2 Å². The second kappa shape index (κ2) is 6.13. The van der Waals surface area contributed by atoms with E-state index in [1.54, 1.807) is 0 Å². The molecule has 0 unspecified atom stereocenters. The Morgan fingerprint density at radius 3 is 2.45 bits per heavy atom. The van der Waals surface area contributed by atoms with Crippen molar-refractivity contribution in [1.82, 2.24) is 0 Å². The highest BCUT2D eigenvalue weighted by Crippen LogP contribution is 2.62. The van der Waals surface area contributed by atoms with Gasteiger partial charge < -0.3 is 10.2 Å². The van der Waals surface area contributed by atoms with Crippen molar-refractivity contribution in [3.05, 3.63) is 23.8 Å². The van der Waals surface area contributed by atoms with Crippen LogP contribution in [0, 0.1) is 22.7 Å². The molecule has 4 atom stereocenters. The SMILES string of the molecule is CC(/C=C/[C@@H]1[C@@]2(C)CCCC(C)(C)[C@@H]2CC[C@@]1(C)O)=C\CO. The van der Waals surface area contributed by atoms with Crippen LogP contribution in [-0.2, 0) is 0 Å². The summed E-state index contributed by atoms with van der Waals surface area (Å²) >= 11 is 0. The number of hydrogen-bond donors (Lipinski definition) is 2. The molecule has 0 aromatic heterocycles. The summed E-state index contributed by atoms with van der Waals surface area (Å²) in [6.45, 7) is 11.3. The number of hydrogen-bond acceptors (Lipinski definition) is 2. The first-order valence-corrected chi connectivity index (χ1v) is 8.82. The van der Waals surface area contributed by atoms with E-state index in [9.17, 15) is 5.11 Å². The molecule has 2 N–H and O–H groups in total. The number of allylic oxidation sites excluding steroid dienone is 2. The largest absolute Gasteiger partial charge is 0.392 e. The molecule has 0 aromatic rings. The van der Waals surface area contributed by atoms with Crippen molar-refractivity contribution >= 4 is 0 Å². The molecule has 2 aliphatic rings. The molecule has 2 saturated carbocycles. The van der Waals surface area contributed by atoms with Gasteiger partial charge in [-0.05, 0) is 56.3 Å².